The SMILES string of the molecule is CC1CCC(C(N)=O)CN1Cc1ccc(C(=O)O)cc1Br. The van der Waals surface area contributed by atoms with E-state index in [0.29, 0.717) is 19.1 Å². The van der Waals surface area contributed by atoms with Gasteiger partial charge in [-0.15, -0.1) is 0 Å². The van der Waals surface area contributed by atoms with E-state index in [1.165, 1.54) is 0 Å². The molecule has 1 amide bonds. The van der Waals surface area contributed by atoms with Crippen LogP contribution < -0.4 is 5.73 Å². The highest BCUT2D eigenvalue weighted by molar-refractivity contribution is 9.10. The van der Waals surface area contributed by atoms with Crippen molar-refractivity contribution in [3.8, 4) is 0 Å². The summed E-state index contributed by atoms with van der Waals surface area (Å²) in [5.41, 5.74) is 6.68. The Morgan fingerprint density at radius 2 is 2.14 bits per heavy atom. The smallest absolute Gasteiger partial charge is 0.335 e. The first-order valence-electron chi connectivity index (χ1n) is 6.93. The van der Waals surface area contributed by atoms with Gasteiger partial charge in [0.2, 0.25) is 5.91 Å². The Bertz CT molecular complexity index is 562. The first-order valence-corrected chi connectivity index (χ1v) is 7.73. The first-order chi connectivity index (χ1) is 9.88. The summed E-state index contributed by atoms with van der Waals surface area (Å²) in [6.07, 6.45) is 1.78. The predicted octanol–water partition coefficient (Wildman–Crippen LogP) is 2.23. The molecule has 2 rings (SSSR count). The van der Waals surface area contributed by atoms with Gasteiger partial charge in [-0.25, -0.2) is 4.79 Å². The standard InChI is InChI=1S/C15H19BrN2O3/c1-9-2-3-12(14(17)19)8-18(9)7-11-5-4-10(15(20)21)6-13(11)16/h4-6,9,12H,2-3,7-8H2,1H3,(H2,17,19)(H,20,21). The number of nitrogens with two attached hydrogens (primary N) is 1. The fourth-order valence-electron chi connectivity index (χ4n) is 2.66. The van der Waals surface area contributed by atoms with Gasteiger partial charge in [-0.05, 0) is 37.5 Å². The Morgan fingerprint density at radius 3 is 2.71 bits per heavy atom. The third-order valence-electron chi connectivity index (χ3n) is 4.09. The zero-order valence-electron chi connectivity index (χ0n) is 11.9. The third kappa shape index (κ3) is 3.83. The number of amides is 1. The molecule has 1 aliphatic rings. The Kier molecular flexibility index (Phi) is 5.00. The van der Waals surface area contributed by atoms with Gasteiger partial charge in [0.25, 0.3) is 0 Å². The first kappa shape index (κ1) is 16.0. The van der Waals surface area contributed by atoms with Crippen molar-refractivity contribution in [1.82, 2.24) is 4.90 Å². The van der Waals surface area contributed by atoms with E-state index in [4.69, 9.17) is 10.8 Å². The van der Waals surface area contributed by atoms with E-state index in [2.05, 4.69) is 27.8 Å². The molecule has 1 fully saturated rings. The topological polar surface area (TPSA) is 83.6 Å². The molecule has 0 aliphatic carbocycles. The molecule has 21 heavy (non-hydrogen) atoms. The molecule has 0 radical (unpaired) electrons. The van der Waals surface area contributed by atoms with Gasteiger partial charge in [-0.1, -0.05) is 22.0 Å². The zero-order chi connectivity index (χ0) is 15.6. The lowest BCUT2D eigenvalue weighted by Crippen LogP contribution is -2.45. The molecular formula is C15H19BrN2O3. The van der Waals surface area contributed by atoms with E-state index in [1.807, 2.05) is 6.07 Å². The lowest BCUT2D eigenvalue weighted by molar-refractivity contribution is -0.124. The average Bonchev–Trinajstić information content (AvgIpc) is 2.42. The summed E-state index contributed by atoms with van der Waals surface area (Å²) in [5, 5.41) is 8.98. The molecule has 3 N–H and O–H groups in total. The van der Waals surface area contributed by atoms with Crippen molar-refractivity contribution in [2.45, 2.75) is 32.4 Å². The Labute approximate surface area is 132 Å². The lowest BCUT2D eigenvalue weighted by Gasteiger charge is -2.37. The van der Waals surface area contributed by atoms with Crippen LogP contribution in [0, 0.1) is 5.92 Å². The molecule has 1 aromatic rings. The summed E-state index contributed by atoms with van der Waals surface area (Å²) in [7, 11) is 0. The maximum atomic E-state index is 11.4. The van der Waals surface area contributed by atoms with Crippen LogP contribution in [0.5, 0.6) is 0 Å². The minimum atomic E-state index is -0.942. The second kappa shape index (κ2) is 6.58. The van der Waals surface area contributed by atoms with Gasteiger partial charge in [0.1, 0.15) is 0 Å². The summed E-state index contributed by atoms with van der Waals surface area (Å²) in [6.45, 7) is 3.46. The molecule has 2 unspecified atom stereocenters. The predicted molar refractivity (Wildman–Crippen MR) is 82.9 cm³/mol. The van der Waals surface area contributed by atoms with Crippen LogP contribution in [0.4, 0.5) is 0 Å². The minimum Gasteiger partial charge on any atom is -0.478 e. The highest BCUT2D eigenvalue weighted by Crippen LogP contribution is 2.26. The van der Waals surface area contributed by atoms with Crippen molar-refractivity contribution in [3.63, 3.8) is 0 Å². The number of piperidine rings is 1. The van der Waals surface area contributed by atoms with Gasteiger partial charge in [0.05, 0.1) is 11.5 Å². The van der Waals surface area contributed by atoms with Crippen molar-refractivity contribution in [3.05, 3.63) is 33.8 Å². The number of hydrogen-bond acceptors (Lipinski definition) is 3. The molecule has 0 saturated carbocycles. The maximum absolute atomic E-state index is 11.4. The number of nitrogens with zero attached hydrogens (tertiary/aromatic N) is 1. The number of primary amides is 1. The van der Waals surface area contributed by atoms with Gasteiger partial charge in [0, 0.05) is 23.6 Å². The number of likely N-dealkylation sites (tertiary alicyclic amines) is 1. The van der Waals surface area contributed by atoms with Crippen LogP contribution in [0.1, 0.15) is 35.7 Å². The van der Waals surface area contributed by atoms with E-state index in [0.717, 1.165) is 22.9 Å². The monoisotopic (exact) mass is 354 g/mol. The minimum absolute atomic E-state index is 0.0988. The van der Waals surface area contributed by atoms with Crippen molar-refractivity contribution < 1.29 is 14.7 Å². The van der Waals surface area contributed by atoms with Crippen molar-refractivity contribution in [2.75, 3.05) is 6.54 Å². The van der Waals surface area contributed by atoms with Crippen molar-refractivity contribution in [2.24, 2.45) is 11.7 Å². The third-order valence-corrected chi connectivity index (χ3v) is 4.83. The van der Waals surface area contributed by atoms with Crippen molar-refractivity contribution >= 4 is 27.8 Å². The quantitative estimate of drug-likeness (QED) is 0.868. The Balaban J connectivity index is 2.12. The number of carbonyl (C=O) groups is 2. The van der Waals surface area contributed by atoms with Crippen LogP contribution in [0.25, 0.3) is 0 Å². The second-order valence-corrected chi connectivity index (χ2v) is 6.42. The highest BCUT2D eigenvalue weighted by atomic mass is 79.9. The molecule has 1 saturated heterocycles. The van der Waals surface area contributed by atoms with Crippen LogP contribution in [-0.2, 0) is 11.3 Å². The van der Waals surface area contributed by atoms with Gasteiger partial charge in [0.15, 0.2) is 0 Å². The van der Waals surface area contributed by atoms with Gasteiger partial charge >= 0.3 is 5.97 Å². The molecule has 0 aromatic heterocycles. The highest BCUT2D eigenvalue weighted by Gasteiger charge is 2.28. The number of carboxylic acids is 1. The van der Waals surface area contributed by atoms with Gasteiger partial charge in [-0.2, -0.15) is 0 Å². The summed E-state index contributed by atoms with van der Waals surface area (Å²) in [5.74, 6) is -1.28. The van der Waals surface area contributed by atoms with E-state index < -0.39 is 5.97 Å². The number of hydrogen-bond donors (Lipinski definition) is 2. The summed E-state index contributed by atoms with van der Waals surface area (Å²) in [6, 6.07) is 5.40. The van der Waals surface area contributed by atoms with Crippen LogP contribution >= 0.6 is 15.9 Å². The molecule has 6 heteroatoms. The van der Waals surface area contributed by atoms with E-state index in [-0.39, 0.29) is 17.4 Å². The molecule has 2 atom stereocenters. The average molecular weight is 355 g/mol. The lowest BCUT2D eigenvalue weighted by atomic mass is 9.92. The number of rotatable bonds is 4. The molecule has 0 bridgehead atoms. The molecule has 1 aliphatic heterocycles. The second-order valence-electron chi connectivity index (χ2n) is 5.57. The van der Waals surface area contributed by atoms with Crippen LogP contribution in [0.3, 0.4) is 0 Å². The molecule has 1 heterocycles. The number of aromatic carboxylic acids is 1. The van der Waals surface area contributed by atoms with Crippen LogP contribution in [0.2, 0.25) is 0 Å². The van der Waals surface area contributed by atoms with Gasteiger partial charge < -0.3 is 10.8 Å². The molecular weight excluding hydrogens is 336 g/mol. The van der Waals surface area contributed by atoms with Crippen LogP contribution in [0.15, 0.2) is 22.7 Å². The normalized spacial score (nSPS) is 23.0. The van der Waals surface area contributed by atoms with Gasteiger partial charge in [-0.3, -0.25) is 9.69 Å². The molecule has 5 nitrogen and oxygen atoms in total. The Hall–Kier alpha value is -1.40. The summed E-state index contributed by atoms with van der Waals surface area (Å²) < 4.78 is 0.774. The number of benzene rings is 1. The fourth-order valence-corrected chi connectivity index (χ4v) is 3.16. The number of halogens is 1. The van der Waals surface area contributed by atoms with E-state index >= 15 is 0 Å². The van der Waals surface area contributed by atoms with Crippen LogP contribution in [-0.4, -0.2) is 34.5 Å². The molecule has 1 aromatic carbocycles. The Morgan fingerprint density at radius 1 is 1.43 bits per heavy atom. The largest absolute Gasteiger partial charge is 0.478 e. The maximum Gasteiger partial charge on any atom is 0.335 e. The van der Waals surface area contributed by atoms with E-state index in [1.54, 1.807) is 12.1 Å². The summed E-state index contributed by atoms with van der Waals surface area (Å²) >= 11 is 3.42. The van der Waals surface area contributed by atoms with Crippen molar-refractivity contribution in [1.29, 1.82) is 0 Å². The number of carbonyl (C=O) groups excluding carboxylic acids is 1. The molecule has 114 valence electrons. The molecule has 0 spiro atoms. The zero-order valence-corrected chi connectivity index (χ0v) is 13.5. The van der Waals surface area contributed by atoms with E-state index in [9.17, 15) is 9.59 Å². The fraction of sp³-hybridized carbons (Fsp3) is 0.467. The summed E-state index contributed by atoms with van der Waals surface area (Å²) in [4.78, 5) is 24.5. The number of carboxylic acid groups (broad SMARTS) is 1.